The highest BCUT2D eigenvalue weighted by molar-refractivity contribution is 6.08. The lowest BCUT2D eigenvalue weighted by Crippen LogP contribution is -2.08. The molecule has 3 aromatic carbocycles. The van der Waals surface area contributed by atoms with Crippen molar-refractivity contribution in [3.63, 3.8) is 0 Å². The summed E-state index contributed by atoms with van der Waals surface area (Å²) in [5.41, 5.74) is 3.35. The van der Waals surface area contributed by atoms with Crippen LogP contribution in [0, 0.1) is 5.92 Å². The Bertz CT molecular complexity index is 1210. The molecule has 0 radical (unpaired) electrons. The number of benzene rings is 3. The number of aromatic nitrogens is 4. The molecular weight excluding hydrogens is 344 g/mol. The van der Waals surface area contributed by atoms with Crippen molar-refractivity contribution >= 4 is 21.8 Å². The van der Waals surface area contributed by atoms with Gasteiger partial charge < -0.3 is 0 Å². The number of para-hydroxylation sites is 2. The number of hydrogen-bond donors (Lipinski definition) is 0. The van der Waals surface area contributed by atoms with Gasteiger partial charge in [0, 0.05) is 22.9 Å². The lowest BCUT2D eigenvalue weighted by molar-refractivity contribution is 0.485. The Labute approximate surface area is 164 Å². The van der Waals surface area contributed by atoms with Gasteiger partial charge in [-0.15, -0.1) is 5.10 Å². The Morgan fingerprint density at radius 2 is 1.32 bits per heavy atom. The van der Waals surface area contributed by atoms with Crippen LogP contribution in [0.1, 0.15) is 13.8 Å². The topological polar surface area (TPSA) is 35.6 Å². The first-order valence-electron chi connectivity index (χ1n) is 9.71. The molecule has 138 valence electrons. The molecule has 0 atom stereocenters. The molecule has 0 N–H and O–H groups in total. The van der Waals surface area contributed by atoms with Crippen LogP contribution in [0.25, 0.3) is 39.1 Å². The number of nitrogens with zero attached hydrogens (tertiary/aromatic N) is 4. The van der Waals surface area contributed by atoms with Gasteiger partial charge in [0.2, 0.25) is 0 Å². The van der Waals surface area contributed by atoms with Crippen LogP contribution in [0.4, 0.5) is 0 Å². The number of fused-ring (bicyclic) bond motifs is 3. The lowest BCUT2D eigenvalue weighted by atomic mass is 10.2. The summed E-state index contributed by atoms with van der Waals surface area (Å²) in [7, 11) is 0. The lowest BCUT2D eigenvalue weighted by Gasteiger charge is -2.08. The number of hydrogen-bond acceptors (Lipinski definition) is 2. The zero-order chi connectivity index (χ0) is 19.1. The first-order valence-corrected chi connectivity index (χ1v) is 9.71. The molecule has 4 nitrogen and oxygen atoms in total. The van der Waals surface area contributed by atoms with Crippen LogP contribution in [0.2, 0.25) is 0 Å². The Morgan fingerprint density at radius 3 is 1.93 bits per heavy atom. The zero-order valence-corrected chi connectivity index (χ0v) is 16.1. The molecular formula is C24H22N4. The summed E-state index contributed by atoms with van der Waals surface area (Å²) in [6, 6.07) is 27.2. The van der Waals surface area contributed by atoms with E-state index in [-0.39, 0.29) is 0 Å². The van der Waals surface area contributed by atoms with E-state index in [1.165, 1.54) is 10.8 Å². The second-order valence-corrected chi connectivity index (χ2v) is 7.55. The fourth-order valence-electron chi connectivity index (χ4n) is 3.84. The quantitative estimate of drug-likeness (QED) is 0.409. The van der Waals surface area contributed by atoms with Gasteiger partial charge in [-0.2, -0.15) is 4.98 Å². The molecule has 28 heavy (non-hydrogen) atoms. The Morgan fingerprint density at radius 1 is 0.750 bits per heavy atom. The van der Waals surface area contributed by atoms with E-state index in [1.807, 2.05) is 22.9 Å². The van der Waals surface area contributed by atoms with E-state index in [4.69, 9.17) is 10.1 Å². The summed E-state index contributed by atoms with van der Waals surface area (Å²) >= 11 is 0. The van der Waals surface area contributed by atoms with Gasteiger partial charge in [-0.1, -0.05) is 80.6 Å². The van der Waals surface area contributed by atoms with E-state index in [1.54, 1.807) is 0 Å². The summed E-state index contributed by atoms with van der Waals surface area (Å²) in [6.45, 7) is 5.24. The molecule has 2 aromatic heterocycles. The van der Waals surface area contributed by atoms with Crippen LogP contribution in [0.5, 0.6) is 0 Å². The van der Waals surface area contributed by atoms with Crippen molar-refractivity contribution in [2.75, 3.05) is 0 Å². The van der Waals surface area contributed by atoms with Gasteiger partial charge in [0.05, 0.1) is 11.0 Å². The minimum atomic E-state index is 0.482. The van der Waals surface area contributed by atoms with Crippen molar-refractivity contribution in [1.29, 1.82) is 0 Å². The van der Waals surface area contributed by atoms with Gasteiger partial charge in [-0.05, 0) is 18.1 Å². The van der Waals surface area contributed by atoms with E-state index in [0.717, 1.165) is 34.9 Å². The van der Waals surface area contributed by atoms with E-state index in [0.29, 0.717) is 5.92 Å². The van der Waals surface area contributed by atoms with Crippen molar-refractivity contribution in [3.05, 3.63) is 78.9 Å². The van der Waals surface area contributed by atoms with Gasteiger partial charge in [-0.25, -0.2) is 4.68 Å². The molecule has 0 saturated carbocycles. The summed E-state index contributed by atoms with van der Waals surface area (Å²) < 4.78 is 4.22. The SMILES string of the molecule is CC(C)Cn1nc(-n2c3ccccc3c3ccccc32)nc1-c1ccccc1. The van der Waals surface area contributed by atoms with Gasteiger partial charge in [0.15, 0.2) is 5.82 Å². The largest absolute Gasteiger partial charge is 0.277 e. The standard InChI is InChI=1S/C24H22N4/c1-17(2)16-27-23(18-10-4-3-5-11-18)25-24(26-27)28-21-14-8-6-12-19(21)20-13-7-9-15-22(20)28/h3-15,17H,16H2,1-2H3. The average molecular weight is 366 g/mol. The van der Waals surface area contributed by atoms with Crippen LogP contribution in [-0.4, -0.2) is 19.3 Å². The second-order valence-electron chi connectivity index (χ2n) is 7.55. The Hall–Kier alpha value is -3.40. The second kappa shape index (κ2) is 6.64. The molecule has 2 heterocycles. The van der Waals surface area contributed by atoms with Crippen LogP contribution in [-0.2, 0) is 6.54 Å². The zero-order valence-electron chi connectivity index (χ0n) is 16.1. The molecule has 0 fully saturated rings. The van der Waals surface area contributed by atoms with Gasteiger partial charge in [0.25, 0.3) is 5.95 Å². The smallest absolute Gasteiger partial charge is 0.254 e. The Kier molecular flexibility index (Phi) is 3.97. The predicted molar refractivity (Wildman–Crippen MR) is 115 cm³/mol. The summed E-state index contributed by atoms with van der Waals surface area (Å²) in [6.07, 6.45) is 0. The van der Waals surface area contributed by atoms with E-state index in [9.17, 15) is 0 Å². The van der Waals surface area contributed by atoms with Crippen molar-refractivity contribution in [1.82, 2.24) is 19.3 Å². The van der Waals surface area contributed by atoms with Crippen LogP contribution in [0.15, 0.2) is 78.9 Å². The number of rotatable bonds is 4. The maximum absolute atomic E-state index is 4.99. The molecule has 4 heteroatoms. The van der Waals surface area contributed by atoms with Gasteiger partial charge in [-0.3, -0.25) is 4.57 Å². The fraction of sp³-hybridized carbons (Fsp3) is 0.167. The summed E-state index contributed by atoms with van der Waals surface area (Å²) in [5, 5.41) is 7.38. The molecule has 0 unspecified atom stereocenters. The maximum atomic E-state index is 4.99. The Balaban J connectivity index is 1.79. The minimum Gasteiger partial charge on any atom is -0.277 e. The van der Waals surface area contributed by atoms with Gasteiger partial charge >= 0.3 is 0 Å². The third-order valence-corrected chi connectivity index (χ3v) is 5.01. The molecule has 0 saturated heterocycles. The molecule has 0 aliphatic carbocycles. The molecule has 0 amide bonds. The monoisotopic (exact) mass is 366 g/mol. The van der Waals surface area contributed by atoms with Crippen LogP contribution >= 0.6 is 0 Å². The molecule has 0 aliphatic heterocycles. The highest BCUT2D eigenvalue weighted by Gasteiger charge is 2.18. The summed E-state index contributed by atoms with van der Waals surface area (Å²) in [4.78, 5) is 4.99. The highest BCUT2D eigenvalue weighted by atomic mass is 15.4. The van der Waals surface area contributed by atoms with Crippen molar-refractivity contribution in [3.8, 4) is 17.3 Å². The van der Waals surface area contributed by atoms with Crippen molar-refractivity contribution in [2.24, 2.45) is 5.92 Å². The van der Waals surface area contributed by atoms with Crippen LogP contribution < -0.4 is 0 Å². The van der Waals surface area contributed by atoms with E-state index in [2.05, 4.69) is 79.1 Å². The molecule has 0 spiro atoms. The maximum Gasteiger partial charge on any atom is 0.254 e. The van der Waals surface area contributed by atoms with E-state index >= 15 is 0 Å². The summed E-state index contributed by atoms with van der Waals surface area (Å²) in [5.74, 6) is 2.11. The normalized spacial score (nSPS) is 11.7. The molecule has 0 aliphatic rings. The minimum absolute atomic E-state index is 0.482. The van der Waals surface area contributed by atoms with E-state index < -0.39 is 0 Å². The van der Waals surface area contributed by atoms with Gasteiger partial charge in [0.1, 0.15) is 0 Å². The predicted octanol–water partition coefficient (Wildman–Crippen LogP) is 5.70. The molecule has 0 bridgehead atoms. The third-order valence-electron chi connectivity index (χ3n) is 5.01. The van der Waals surface area contributed by atoms with Crippen molar-refractivity contribution < 1.29 is 0 Å². The first-order chi connectivity index (χ1) is 13.7. The van der Waals surface area contributed by atoms with Crippen molar-refractivity contribution in [2.45, 2.75) is 20.4 Å². The molecule has 5 aromatic rings. The fourth-order valence-corrected chi connectivity index (χ4v) is 3.84. The first kappa shape index (κ1) is 16.8. The average Bonchev–Trinajstić information content (AvgIpc) is 3.27. The third kappa shape index (κ3) is 2.69. The highest BCUT2D eigenvalue weighted by Crippen LogP contribution is 2.31. The van der Waals surface area contributed by atoms with Crippen LogP contribution in [0.3, 0.4) is 0 Å². The molecule has 5 rings (SSSR count).